The van der Waals surface area contributed by atoms with Crippen LogP contribution in [0.1, 0.15) is 12.7 Å². The molecule has 3 heterocycles. The lowest BCUT2D eigenvalue weighted by atomic mass is 10.3. The fourth-order valence-electron chi connectivity index (χ4n) is 2.71. The number of aromatic nitrogens is 5. The molecule has 0 spiro atoms. The van der Waals surface area contributed by atoms with Gasteiger partial charge in [0.25, 0.3) is 0 Å². The maximum atomic E-state index is 12.5. The number of piperazine rings is 1. The van der Waals surface area contributed by atoms with Gasteiger partial charge in [-0.25, -0.2) is 9.98 Å². The second kappa shape index (κ2) is 7.32. The number of aliphatic imine (C=N–C) groups is 1. The molecular weight excluding hydrogens is 322 g/mol. The molecule has 10 nitrogen and oxygen atoms in total. The van der Waals surface area contributed by atoms with Gasteiger partial charge in [0.15, 0.2) is 5.96 Å². The molecule has 0 saturated carbocycles. The second-order valence-corrected chi connectivity index (χ2v) is 5.81. The Labute approximate surface area is 146 Å². The normalized spacial score (nSPS) is 15.8. The third kappa shape index (κ3) is 3.78. The van der Waals surface area contributed by atoms with E-state index in [1.807, 2.05) is 32.1 Å². The summed E-state index contributed by atoms with van der Waals surface area (Å²) in [5.74, 6) is 1.52. The van der Waals surface area contributed by atoms with Crippen LogP contribution in [0, 0.1) is 0 Å². The Hall–Kier alpha value is -2.91. The molecule has 1 aliphatic heterocycles. The number of carbonyl (C=O) groups is 1. The number of guanidine groups is 1. The highest BCUT2D eigenvalue weighted by molar-refractivity contribution is 5.98. The Balaban J connectivity index is 1.69. The summed E-state index contributed by atoms with van der Waals surface area (Å²) in [6.07, 6.45) is 5.07. The fraction of sp³-hybridized carbons (Fsp3) is 0.533. The summed E-state index contributed by atoms with van der Waals surface area (Å²) in [4.78, 5) is 25.0. The van der Waals surface area contributed by atoms with E-state index < -0.39 is 0 Å². The summed E-state index contributed by atoms with van der Waals surface area (Å²) in [5.41, 5.74) is 0.827. The topological polar surface area (TPSA) is 96.5 Å². The Kier molecular flexibility index (Phi) is 4.96. The lowest BCUT2D eigenvalue weighted by Crippen LogP contribution is -2.55. The van der Waals surface area contributed by atoms with Crippen LogP contribution in [0.2, 0.25) is 0 Å². The van der Waals surface area contributed by atoms with Crippen LogP contribution in [0.3, 0.4) is 0 Å². The molecule has 0 aliphatic carbocycles. The molecule has 1 saturated heterocycles. The molecule has 2 aromatic rings. The number of hydrogen-bond acceptors (Lipinski definition) is 5. The Morgan fingerprint density at radius 2 is 2.16 bits per heavy atom. The number of carbonyl (C=O) groups excluding carboxylic acids is 1. The van der Waals surface area contributed by atoms with E-state index in [1.165, 1.54) is 6.33 Å². The van der Waals surface area contributed by atoms with Crippen molar-refractivity contribution in [3.05, 3.63) is 24.5 Å². The van der Waals surface area contributed by atoms with Crippen LogP contribution in [0.15, 0.2) is 23.7 Å². The van der Waals surface area contributed by atoms with Crippen molar-refractivity contribution in [2.24, 2.45) is 19.1 Å². The van der Waals surface area contributed by atoms with E-state index in [9.17, 15) is 4.79 Å². The summed E-state index contributed by atoms with van der Waals surface area (Å²) in [6.45, 7) is 4.72. The zero-order chi connectivity index (χ0) is 17.8. The molecule has 1 aliphatic rings. The van der Waals surface area contributed by atoms with Crippen LogP contribution in [-0.4, -0.2) is 67.5 Å². The average molecular weight is 345 g/mol. The van der Waals surface area contributed by atoms with E-state index in [0.29, 0.717) is 25.6 Å². The highest BCUT2D eigenvalue weighted by atomic mass is 16.2. The molecule has 0 unspecified atom stereocenters. The molecule has 0 aromatic carbocycles. The van der Waals surface area contributed by atoms with Crippen molar-refractivity contribution >= 4 is 17.6 Å². The van der Waals surface area contributed by atoms with Gasteiger partial charge in [-0.2, -0.15) is 10.2 Å². The van der Waals surface area contributed by atoms with Crippen molar-refractivity contribution in [2.75, 3.05) is 31.1 Å². The molecule has 134 valence electrons. The Morgan fingerprint density at radius 3 is 2.76 bits per heavy atom. The van der Waals surface area contributed by atoms with Crippen molar-refractivity contribution in [1.29, 1.82) is 0 Å². The van der Waals surface area contributed by atoms with Crippen molar-refractivity contribution in [3.8, 4) is 0 Å². The van der Waals surface area contributed by atoms with E-state index in [1.54, 1.807) is 20.5 Å². The van der Waals surface area contributed by atoms with Gasteiger partial charge in [-0.3, -0.25) is 14.2 Å². The fourth-order valence-corrected chi connectivity index (χ4v) is 2.71. The Bertz CT molecular complexity index is 763. The summed E-state index contributed by atoms with van der Waals surface area (Å²) in [7, 11) is 3.67. The van der Waals surface area contributed by atoms with Crippen LogP contribution in [0.25, 0.3) is 0 Å². The van der Waals surface area contributed by atoms with Crippen molar-refractivity contribution in [2.45, 2.75) is 13.5 Å². The molecule has 3 rings (SSSR count). The molecule has 2 aromatic heterocycles. The van der Waals surface area contributed by atoms with Crippen molar-refractivity contribution in [3.63, 3.8) is 0 Å². The van der Waals surface area contributed by atoms with Gasteiger partial charge in [-0.1, -0.05) is 0 Å². The smallest absolute Gasteiger partial charge is 0.246 e. The molecule has 1 N–H and O–H groups in total. The molecular formula is C15H23N9O. The largest absolute Gasteiger partial charge is 0.356 e. The van der Waals surface area contributed by atoms with E-state index in [4.69, 9.17) is 0 Å². The first kappa shape index (κ1) is 16.9. The Morgan fingerprint density at radius 1 is 1.32 bits per heavy atom. The number of nitrogens with one attached hydrogen (secondary N) is 1. The number of nitrogens with zero attached hydrogens (tertiary/aromatic N) is 8. The highest BCUT2D eigenvalue weighted by Gasteiger charge is 2.27. The van der Waals surface area contributed by atoms with Crippen LogP contribution in [0.4, 0.5) is 5.69 Å². The van der Waals surface area contributed by atoms with Gasteiger partial charge < -0.3 is 15.1 Å². The minimum atomic E-state index is 0.0310. The average Bonchev–Trinajstić information content (AvgIpc) is 3.20. The third-order valence-electron chi connectivity index (χ3n) is 4.03. The predicted molar refractivity (Wildman–Crippen MR) is 93.0 cm³/mol. The van der Waals surface area contributed by atoms with Crippen molar-refractivity contribution in [1.82, 2.24) is 34.8 Å². The van der Waals surface area contributed by atoms with Gasteiger partial charge in [0.1, 0.15) is 25.2 Å². The molecule has 0 radical (unpaired) electrons. The van der Waals surface area contributed by atoms with Crippen LogP contribution < -0.4 is 10.2 Å². The van der Waals surface area contributed by atoms with Crippen LogP contribution in [-0.2, 0) is 25.4 Å². The zero-order valence-electron chi connectivity index (χ0n) is 14.8. The minimum Gasteiger partial charge on any atom is -0.356 e. The minimum absolute atomic E-state index is 0.0310. The molecule has 0 bridgehead atoms. The van der Waals surface area contributed by atoms with Gasteiger partial charge in [0.05, 0.1) is 11.9 Å². The van der Waals surface area contributed by atoms with E-state index >= 15 is 0 Å². The first-order valence-electron chi connectivity index (χ1n) is 8.23. The van der Waals surface area contributed by atoms with Gasteiger partial charge >= 0.3 is 0 Å². The SMILES string of the molecule is CCNC(=NCc1ncnn1C)N1CCN(c2cnn(C)c2)C(=O)C1. The molecule has 1 amide bonds. The standard InChI is InChI=1S/C15H23N9O/c1-4-16-15(17-8-13-18-11-20-22(13)3)23-5-6-24(14(25)10-23)12-7-19-21(2)9-12/h7,9,11H,4-6,8,10H2,1-3H3,(H,16,17). The molecule has 1 fully saturated rings. The van der Waals surface area contributed by atoms with E-state index in [0.717, 1.165) is 18.1 Å². The summed E-state index contributed by atoms with van der Waals surface area (Å²) in [6, 6.07) is 0. The maximum absolute atomic E-state index is 12.5. The monoisotopic (exact) mass is 345 g/mol. The molecule has 10 heteroatoms. The number of hydrogen-bond donors (Lipinski definition) is 1. The lowest BCUT2D eigenvalue weighted by Gasteiger charge is -2.35. The first-order chi connectivity index (χ1) is 12.1. The van der Waals surface area contributed by atoms with Crippen LogP contribution >= 0.6 is 0 Å². The molecule has 0 atom stereocenters. The second-order valence-electron chi connectivity index (χ2n) is 5.81. The van der Waals surface area contributed by atoms with Gasteiger partial charge in [-0.15, -0.1) is 0 Å². The van der Waals surface area contributed by atoms with Gasteiger partial charge in [-0.05, 0) is 6.92 Å². The first-order valence-corrected chi connectivity index (χ1v) is 8.23. The van der Waals surface area contributed by atoms with E-state index in [-0.39, 0.29) is 12.5 Å². The summed E-state index contributed by atoms with van der Waals surface area (Å²) in [5, 5.41) is 11.4. The number of anilines is 1. The zero-order valence-corrected chi connectivity index (χ0v) is 14.8. The van der Waals surface area contributed by atoms with Crippen LogP contribution in [0.5, 0.6) is 0 Å². The van der Waals surface area contributed by atoms with Crippen molar-refractivity contribution < 1.29 is 4.79 Å². The number of aryl methyl sites for hydroxylation is 2. The summed E-state index contributed by atoms with van der Waals surface area (Å²) >= 11 is 0. The third-order valence-corrected chi connectivity index (χ3v) is 4.03. The van der Waals surface area contributed by atoms with Gasteiger partial charge in [0.2, 0.25) is 5.91 Å². The highest BCUT2D eigenvalue weighted by Crippen LogP contribution is 2.16. The number of amides is 1. The maximum Gasteiger partial charge on any atom is 0.246 e. The van der Waals surface area contributed by atoms with E-state index in [2.05, 4.69) is 25.5 Å². The molecule has 25 heavy (non-hydrogen) atoms. The predicted octanol–water partition coefficient (Wildman–Crippen LogP) is -0.637. The number of rotatable bonds is 4. The summed E-state index contributed by atoms with van der Waals surface area (Å²) < 4.78 is 3.39. The van der Waals surface area contributed by atoms with Gasteiger partial charge in [0, 0.05) is 39.9 Å². The lowest BCUT2D eigenvalue weighted by molar-refractivity contribution is -0.120. The quantitative estimate of drug-likeness (QED) is 0.585.